The minimum absolute atomic E-state index is 0.0571. The number of nitro benzene ring substituents is 1. The Morgan fingerprint density at radius 2 is 2.33 bits per heavy atom. The van der Waals surface area contributed by atoms with Crippen LogP contribution in [-0.4, -0.2) is 27.5 Å². The number of anilines is 2. The number of carbonyl (C=O) groups is 1. The monoisotopic (exact) mass is 289 g/mol. The summed E-state index contributed by atoms with van der Waals surface area (Å²) in [7, 11) is 0. The van der Waals surface area contributed by atoms with E-state index in [4.69, 9.17) is 0 Å². The molecule has 0 fully saturated rings. The number of amides is 1. The molecule has 0 unspecified atom stereocenters. The number of fused-ring (bicyclic) bond motifs is 1. The Labute approximate surface area is 118 Å². The summed E-state index contributed by atoms with van der Waals surface area (Å²) in [5.41, 5.74) is 1.53. The average molecular weight is 289 g/mol. The molecule has 0 saturated heterocycles. The molecule has 9 heteroatoms. The van der Waals surface area contributed by atoms with E-state index in [0.717, 1.165) is 0 Å². The molecule has 0 saturated carbocycles. The van der Waals surface area contributed by atoms with Gasteiger partial charge in [-0.2, -0.15) is 4.98 Å². The van der Waals surface area contributed by atoms with E-state index >= 15 is 0 Å². The maximum atomic E-state index is 11.3. The van der Waals surface area contributed by atoms with Gasteiger partial charge < -0.3 is 15.2 Å². The third-order valence-electron chi connectivity index (χ3n) is 3.11. The Morgan fingerprint density at radius 1 is 1.48 bits per heavy atom. The Balaban J connectivity index is 1.78. The van der Waals surface area contributed by atoms with Crippen LogP contribution in [0.15, 0.2) is 23.0 Å². The highest BCUT2D eigenvalue weighted by Crippen LogP contribution is 2.34. The maximum absolute atomic E-state index is 11.3. The van der Waals surface area contributed by atoms with E-state index in [-0.39, 0.29) is 18.0 Å². The first-order valence-corrected chi connectivity index (χ1v) is 6.24. The Hall–Kier alpha value is -2.97. The van der Waals surface area contributed by atoms with Gasteiger partial charge in [0.2, 0.25) is 12.3 Å². The SMILES string of the molecule is O=C1Cc2cc([N+](=O)[O-])c(NCCc3ncon3)cc2N1. The van der Waals surface area contributed by atoms with Gasteiger partial charge in [0.15, 0.2) is 5.82 Å². The second-order valence-corrected chi connectivity index (χ2v) is 4.53. The van der Waals surface area contributed by atoms with Gasteiger partial charge in [-0.1, -0.05) is 5.16 Å². The highest BCUT2D eigenvalue weighted by atomic mass is 16.6. The Bertz CT molecular complexity index is 698. The molecular formula is C12H11N5O4. The molecule has 0 aliphatic carbocycles. The lowest BCUT2D eigenvalue weighted by Crippen LogP contribution is -2.08. The highest BCUT2D eigenvalue weighted by Gasteiger charge is 2.24. The molecule has 2 heterocycles. The van der Waals surface area contributed by atoms with Crippen molar-refractivity contribution in [3.8, 4) is 0 Å². The van der Waals surface area contributed by atoms with E-state index in [1.807, 2.05) is 0 Å². The van der Waals surface area contributed by atoms with Gasteiger partial charge in [0.25, 0.3) is 5.69 Å². The first-order chi connectivity index (χ1) is 10.1. The lowest BCUT2D eigenvalue weighted by atomic mass is 10.1. The molecule has 9 nitrogen and oxygen atoms in total. The van der Waals surface area contributed by atoms with E-state index in [1.54, 1.807) is 6.07 Å². The van der Waals surface area contributed by atoms with Crippen LogP contribution in [0, 0.1) is 10.1 Å². The normalized spacial score (nSPS) is 12.9. The molecule has 0 bridgehead atoms. The lowest BCUT2D eigenvalue weighted by molar-refractivity contribution is -0.384. The van der Waals surface area contributed by atoms with Crippen molar-refractivity contribution in [2.45, 2.75) is 12.8 Å². The van der Waals surface area contributed by atoms with Crippen LogP contribution in [0.25, 0.3) is 0 Å². The van der Waals surface area contributed by atoms with Crippen molar-refractivity contribution in [2.75, 3.05) is 17.2 Å². The van der Waals surface area contributed by atoms with E-state index in [0.29, 0.717) is 35.7 Å². The number of aromatic nitrogens is 2. The molecular weight excluding hydrogens is 278 g/mol. The fraction of sp³-hybridized carbons (Fsp3) is 0.250. The van der Waals surface area contributed by atoms with Crippen LogP contribution < -0.4 is 10.6 Å². The predicted octanol–water partition coefficient (Wildman–Crippen LogP) is 1.13. The quantitative estimate of drug-likeness (QED) is 0.624. The van der Waals surface area contributed by atoms with Crippen molar-refractivity contribution >= 4 is 23.0 Å². The van der Waals surface area contributed by atoms with Crippen LogP contribution in [0.2, 0.25) is 0 Å². The van der Waals surface area contributed by atoms with E-state index in [2.05, 4.69) is 25.3 Å². The summed E-state index contributed by atoms with van der Waals surface area (Å²) in [5.74, 6) is 0.350. The van der Waals surface area contributed by atoms with Gasteiger partial charge in [0.05, 0.1) is 11.3 Å². The second kappa shape index (κ2) is 5.19. The Morgan fingerprint density at radius 3 is 3.05 bits per heavy atom. The first kappa shape index (κ1) is 13.0. The van der Waals surface area contributed by atoms with Gasteiger partial charge in [-0.25, -0.2) is 0 Å². The smallest absolute Gasteiger partial charge is 0.292 e. The maximum Gasteiger partial charge on any atom is 0.292 e. The molecule has 0 spiro atoms. The summed E-state index contributed by atoms with van der Waals surface area (Å²) in [5, 5.41) is 20.4. The van der Waals surface area contributed by atoms with Gasteiger partial charge in [-0.15, -0.1) is 0 Å². The van der Waals surface area contributed by atoms with Crippen molar-refractivity contribution in [1.82, 2.24) is 10.1 Å². The molecule has 1 aromatic carbocycles. The minimum Gasteiger partial charge on any atom is -0.379 e. The van der Waals surface area contributed by atoms with E-state index in [1.165, 1.54) is 12.5 Å². The molecule has 2 aromatic rings. The number of hydrogen-bond acceptors (Lipinski definition) is 7. The molecule has 108 valence electrons. The third kappa shape index (κ3) is 2.66. The average Bonchev–Trinajstić information content (AvgIpc) is 3.05. The molecule has 1 amide bonds. The highest BCUT2D eigenvalue weighted by molar-refractivity contribution is 6.00. The van der Waals surface area contributed by atoms with Crippen LogP contribution >= 0.6 is 0 Å². The molecule has 1 aliphatic rings. The number of benzene rings is 1. The molecule has 3 rings (SSSR count). The summed E-state index contributed by atoms with van der Waals surface area (Å²) in [6.07, 6.45) is 1.86. The standard InChI is InChI=1S/C12H11N5O4/c18-12-4-7-3-10(17(19)20)9(5-8(7)15-12)13-2-1-11-14-6-21-16-11/h3,5-6,13H,1-2,4H2,(H,15,18). The van der Waals surface area contributed by atoms with Crippen molar-refractivity contribution < 1.29 is 14.2 Å². The molecule has 1 aliphatic heterocycles. The van der Waals surface area contributed by atoms with Crippen molar-refractivity contribution in [2.24, 2.45) is 0 Å². The molecule has 21 heavy (non-hydrogen) atoms. The zero-order valence-corrected chi connectivity index (χ0v) is 10.8. The minimum atomic E-state index is -0.472. The lowest BCUT2D eigenvalue weighted by Gasteiger charge is -2.08. The fourth-order valence-electron chi connectivity index (χ4n) is 2.17. The number of carbonyl (C=O) groups excluding carboxylic acids is 1. The van der Waals surface area contributed by atoms with Crippen molar-refractivity contribution in [3.05, 3.63) is 40.0 Å². The van der Waals surface area contributed by atoms with Crippen LogP contribution in [0.4, 0.5) is 17.1 Å². The zero-order valence-electron chi connectivity index (χ0n) is 10.8. The van der Waals surface area contributed by atoms with Gasteiger partial charge in [0, 0.05) is 24.7 Å². The van der Waals surface area contributed by atoms with Gasteiger partial charge >= 0.3 is 0 Å². The van der Waals surface area contributed by atoms with Crippen LogP contribution in [-0.2, 0) is 17.6 Å². The number of hydrogen-bond donors (Lipinski definition) is 2. The van der Waals surface area contributed by atoms with Crippen LogP contribution in [0.5, 0.6) is 0 Å². The summed E-state index contributed by atoms with van der Waals surface area (Å²) < 4.78 is 4.61. The molecule has 0 radical (unpaired) electrons. The molecule has 0 atom stereocenters. The van der Waals surface area contributed by atoms with E-state index < -0.39 is 4.92 Å². The zero-order chi connectivity index (χ0) is 14.8. The summed E-state index contributed by atoms with van der Waals surface area (Å²) >= 11 is 0. The topological polar surface area (TPSA) is 123 Å². The summed E-state index contributed by atoms with van der Waals surface area (Å²) in [4.78, 5) is 25.8. The second-order valence-electron chi connectivity index (χ2n) is 4.53. The molecule has 1 aromatic heterocycles. The number of nitro groups is 1. The Kier molecular flexibility index (Phi) is 3.22. The van der Waals surface area contributed by atoms with Crippen molar-refractivity contribution in [3.63, 3.8) is 0 Å². The van der Waals surface area contributed by atoms with Crippen LogP contribution in [0.1, 0.15) is 11.4 Å². The number of rotatable bonds is 5. The third-order valence-corrected chi connectivity index (χ3v) is 3.11. The van der Waals surface area contributed by atoms with E-state index in [9.17, 15) is 14.9 Å². The largest absolute Gasteiger partial charge is 0.379 e. The summed E-state index contributed by atoms with van der Waals surface area (Å²) in [6, 6.07) is 3.00. The molecule has 2 N–H and O–H groups in total. The van der Waals surface area contributed by atoms with Gasteiger partial charge in [-0.05, 0) is 11.6 Å². The van der Waals surface area contributed by atoms with Crippen molar-refractivity contribution in [1.29, 1.82) is 0 Å². The number of nitrogens with zero attached hydrogens (tertiary/aromatic N) is 3. The van der Waals surface area contributed by atoms with Crippen LogP contribution in [0.3, 0.4) is 0 Å². The fourth-order valence-corrected chi connectivity index (χ4v) is 2.17. The predicted molar refractivity (Wildman–Crippen MR) is 71.9 cm³/mol. The van der Waals surface area contributed by atoms with Gasteiger partial charge in [-0.3, -0.25) is 14.9 Å². The first-order valence-electron chi connectivity index (χ1n) is 6.24. The number of nitrogens with one attached hydrogen (secondary N) is 2. The van der Waals surface area contributed by atoms with Gasteiger partial charge in [0.1, 0.15) is 5.69 Å². The summed E-state index contributed by atoms with van der Waals surface area (Å²) in [6.45, 7) is 0.410.